The predicted octanol–water partition coefficient (Wildman–Crippen LogP) is 3.50. The SMILES string of the molecule is O=C(Nc1cnc(N2CCN(c3ccc(F)cc3)CC2)c(C(=O)O)c1)c1ccccc1. The number of hydrogen-bond acceptors (Lipinski definition) is 5. The average Bonchev–Trinajstić information content (AvgIpc) is 2.80. The van der Waals surface area contributed by atoms with Crippen LogP contribution in [0.5, 0.6) is 0 Å². The summed E-state index contributed by atoms with van der Waals surface area (Å²) >= 11 is 0. The quantitative estimate of drug-likeness (QED) is 0.657. The van der Waals surface area contributed by atoms with Crippen LogP contribution in [0, 0.1) is 5.82 Å². The molecule has 0 unspecified atom stereocenters. The molecule has 1 aliphatic heterocycles. The molecule has 7 nitrogen and oxygen atoms in total. The van der Waals surface area contributed by atoms with Gasteiger partial charge in [-0.05, 0) is 42.5 Å². The van der Waals surface area contributed by atoms with Gasteiger partial charge in [-0.25, -0.2) is 14.2 Å². The maximum atomic E-state index is 13.1. The number of nitrogens with zero attached hydrogens (tertiary/aromatic N) is 3. The minimum Gasteiger partial charge on any atom is -0.478 e. The van der Waals surface area contributed by atoms with Gasteiger partial charge in [-0.2, -0.15) is 0 Å². The van der Waals surface area contributed by atoms with Gasteiger partial charge >= 0.3 is 5.97 Å². The number of rotatable bonds is 5. The fraction of sp³-hybridized carbons (Fsp3) is 0.174. The molecule has 0 bridgehead atoms. The first kappa shape index (κ1) is 20.3. The van der Waals surface area contributed by atoms with E-state index in [1.54, 1.807) is 36.4 Å². The first-order chi connectivity index (χ1) is 15.0. The van der Waals surface area contributed by atoms with Crippen LogP contribution >= 0.6 is 0 Å². The molecule has 0 saturated carbocycles. The Morgan fingerprint density at radius 3 is 2.23 bits per heavy atom. The standard InChI is InChI=1S/C23H21FN4O3/c24-17-6-8-19(9-7-17)27-10-12-28(13-11-27)21-20(23(30)31)14-18(15-25-21)26-22(29)16-4-2-1-3-5-16/h1-9,14-15H,10-13H2,(H,26,29)(H,30,31). The number of anilines is 3. The number of piperazine rings is 1. The molecule has 4 rings (SSSR count). The molecule has 2 aromatic carbocycles. The van der Waals surface area contributed by atoms with E-state index < -0.39 is 5.97 Å². The Kier molecular flexibility index (Phi) is 5.79. The minimum atomic E-state index is -1.11. The molecule has 8 heteroatoms. The number of amides is 1. The minimum absolute atomic E-state index is 0.0288. The fourth-order valence-corrected chi connectivity index (χ4v) is 3.56. The summed E-state index contributed by atoms with van der Waals surface area (Å²) in [4.78, 5) is 32.6. The molecule has 2 heterocycles. The van der Waals surface area contributed by atoms with E-state index in [0.29, 0.717) is 43.2 Å². The number of pyridine rings is 1. The number of halogens is 1. The lowest BCUT2D eigenvalue weighted by molar-refractivity contribution is 0.0696. The third-order valence-electron chi connectivity index (χ3n) is 5.16. The van der Waals surface area contributed by atoms with Crippen LogP contribution in [0.4, 0.5) is 21.6 Å². The van der Waals surface area contributed by atoms with Crippen molar-refractivity contribution in [1.82, 2.24) is 4.98 Å². The first-order valence-corrected chi connectivity index (χ1v) is 9.86. The maximum absolute atomic E-state index is 13.1. The third-order valence-corrected chi connectivity index (χ3v) is 5.16. The number of hydrogen-bond donors (Lipinski definition) is 2. The second-order valence-electron chi connectivity index (χ2n) is 7.17. The molecular weight excluding hydrogens is 399 g/mol. The molecule has 0 radical (unpaired) electrons. The number of aromatic carboxylic acids is 1. The van der Waals surface area contributed by atoms with Crippen LogP contribution in [0.2, 0.25) is 0 Å². The molecule has 1 saturated heterocycles. The number of carboxylic acids is 1. The van der Waals surface area contributed by atoms with Crippen LogP contribution in [0.25, 0.3) is 0 Å². The van der Waals surface area contributed by atoms with Gasteiger partial charge in [0, 0.05) is 37.4 Å². The molecule has 2 N–H and O–H groups in total. The van der Waals surface area contributed by atoms with E-state index in [-0.39, 0.29) is 17.3 Å². The van der Waals surface area contributed by atoms with E-state index in [9.17, 15) is 19.1 Å². The third kappa shape index (κ3) is 4.63. The molecule has 1 aliphatic rings. The van der Waals surface area contributed by atoms with E-state index >= 15 is 0 Å². The number of nitrogens with one attached hydrogen (secondary N) is 1. The lowest BCUT2D eigenvalue weighted by atomic mass is 10.1. The largest absolute Gasteiger partial charge is 0.478 e. The summed E-state index contributed by atoms with van der Waals surface area (Å²) in [7, 11) is 0. The summed E-state index contributed by atoms with van der Waals surface area (Å²) in [6, 6.07) is 16.4. The van der Waals surface area contributed by atoms with E-state index in [4.69, 9.17) is 0 Å². The number of benzene rings is 2. The highest BCUT2D eigenvalue weighted by Crippen LogP contribution is 2.25. The molecule has 1 amide bonds. The van der Waals surface area contributed by atoms with Gasteiger partial charge in [0.2, 0.25) is 0 Å². The second kappa shape index (κ2) is 8.83. The Morgan fingerprint density at radius 2 is 1.58 bits per heavy atom. The van der Waals surface area contributed by atoms with Crippen molar-refractivity contribution in [2.75, 3.05) is 41.3 Å². The summed E-state index contributed by atoms with van der Waals surface area (Å²) < 4.78 is 13.1. The Balaban J connectivity index is 1.48. The molecule has 3 aromatic rings. The van der Waals surface area contributed by atoms with Gasteiger partial charge in [0.1, 0.15) is 17.2 Å². The van der Waals surface area contributed by atoms with Gasteiger partial charge in [-0.15, -0.1) is 0 Å². The first-order valence-electron chi connectivity index (χ1n) is 9.86. The van der Waals surface area contributed by atoms with Crippen LogP contribution < -0.4 is 15.1 Å². The van der Waals surface area contributed by atoms with Crippen molar-refractivity contribution >= 4 is 29.1 Å². The summed E-state index contributed by atoms with van der Waals surface area (Å²) in [5.74, 6) is -1.36. The zero-order valence-electron chi connectivity index (χ0n) is 16.7. The normalized spacial score (nSPS) is 13.7. The lowest BCUT2D eigenvalue weighted by Gasteiger charge is -2.37. The van der Waals surface area contributed by atoms with Crippen molar-refractivity contribution in [3.63, 3.8) is 0 Å². The van der Waals surface area contributed by atoms with E-state index in [2.05, 4.69) is 15.2 Å². The van der Waals surface area contributed by atoms with Crippen LogP contribution in [0.1, 0.15) is 20.7 Å². The number of aromatic nitrogens is 1. The van der Waals surface area contributed by atoms with E-state index in [1.165, 1.54) is 24.4 Å². The maximum Gasteiger partial charge on any atom is 0.339 e. The Morgan fingerprint density at radius 1 is 0.935 bits per heavy atom. The molecule has 31 heavy (non-hydrogen) atoms. The van der Waals surface area contributed by atoms with Crippen LogP contribution in [0.3, 0.4) is 0 Å². The highest BCUT2D eigenvalue weighted by molar-refractivity contribution is 6.05. The van der Waals surface area contributed by atoms with Crippen molar-refractivity contribution in [3.8, 4) is 0 Å². The smallest absolute Gasteiger partial charge is 0.339 e. The highest BCUT2D eigenvalue weighted by atomic mass is 19.1. The predicted molar refractivity (Wildman–Crippen MR) is 116 cm³/mol. The Hall–Kier alpha value is -3.94. The number of carbonyl (C=O) groups excluding carboxylic acids is 1. The molecule has 1 fully saturated rings. The number of carboxylic acid groups (broad SMARTS) is 1. The molecule has 158 valence electrons. The van der Waals surface area contributed by atoms with Crippen molar-refractivity contribution in [1.29, 1.82) is 0 Å². The van der Waals surface area contributed by atoms with Gasteiger partial charge in [0.25, 0.3) is 5.91 Å². The summed E-state index contributed by atoms with van der Waals surface area (Å²) in [5.41, 5.74) is 1.74. The van der Waals surface area contributed by atoms with Crippen molar-refractivity contribution in [3.05, 3.63) is 83.8 Å². The van der Waals surface area contributed by atoms with E-state index in [1.807, 2.05) is 11.0 Å². The lowest BCUT2D eigenvalue weighted by Crippen LogP contribution is -2.47. The van der Waals surface area contributed by atoms with Gasteiger partial charge in [-0.3, -0.25) is 4.79 Å². The van der Waals surface area contributed by atoms with E-state index in [0.717, 1.165) is 5.69 Å². The Bertz CT molecular complexity index is 1080. The van der Waals surface area contributed by atoms with Crippen molar-refractivity contribution in [2.45, 2.75) is 0 Å². The summed E-state index contributed by atoms with van der Waals surface area (Å²) in [5, 5.41) is 12.4. The summed E-state index contributed by atoms with van der Waals surface area (Å²) in [6.45, 7) is 2.44. The van der Waals surface area contributed by atoms with Crippen LogP contribution in [0.15, 0.2) is 66.9 Å². The van der Waals surface area contributed by atoms with Crippen molar-refractivity contribution in [2.24, 2.45) is 0 Å². The monoisotopic (exact) mass is 420 g/mol. The zero-order chi connectivity index (χ0) is 21.8. The molecule has 1 aromatic heterocycles. The van der Waals surface area contributed by atoms with Gasteiger partial charge in [0.05, 0.1) is 11.9 Å². The fourth-order valence-electron chi connectivity index (χ4n) is 3.56. The van der Waals surface area contributed by atoms with Crippen LogP contribution in [-0.2, 0) is 0 Å². The van der Waals surface area contributed by atoms with Crippen molar-refractivity contribution < 1.29 is 19.1 Å². The summed E-state index contributed by atoms with van der Waals surface area (Å²) in [6.07, 6.45) is 1.47. The molecule has 0 spiro atoms. The highest BCUT2D eigenvalue weighted by Gasteiger charge is 2.23. The van der Waals surface area contributed by atoms with Gasteiger partial charge in [-0.1, -0.05) is 18.2 Å². The second-order valence-corrected chi connectivity index (χ2v) is 7.17. The molecule has 0 aliphatic carbocycles. The molecule has 0 atom stereocenters. The number of carbonyl (C=O) groups is 2. The average molecular weight is 420 g/mol. The Labute approximate surface area is 178 Å². The van der Waals surface area contributed by atoms with Gasteiger partial charge in [0.15, 0.2) is 0 Å². The topological polar surface area (TPSA) is 85.8 Å². The zero-order valence-corrected chi connectivity index (χ0v) is 16.7. The van der Waals surface area contributed by atoms with Crippen LogP contribution in [-0.4, -0.2) is 48.1 Å². The molecular formula is C23H21FN4O3. The van der Waals surface area contributed by atoms with Gasteiger partial charge < -0.3 is 20.2 Å².